The molecule has 0 aliphatic heterocycles. The molecule has 0 aliphatic rings. The van der Waals surface area contributed by atoms with Crippen LogP contribution in [-0.4, -0.2) is 5.78 Å². The summed E-state index contributed by atoms with van der Waals surface area (Å²) < 4.78 is 13.5. The van der Waals surface area contributed by atoms with E-state index in [1.807, 2.05) is 0 Å². The normalized spacial score (nSPS) is 10.3. The summed E-state index contributed by atoms with van der Waals surface area (Å²) in [5, 5.41) is 0.355. The summed E-state index contributed by atoms with van der Waals surface area (Å²) >= 11 is 8.99. The highest BCUT2D eigenvalue weighted by Crippen LogP contribution is 2.25. The summed E-state index contributed by atoms with van der Waals surface area (Å²) in [4.78, 5) is 12.2. The number of carbonyl (C=O) groups excluding carboxylic acids is 1. The topological polar surface area (TPSA) is 17.1 Å². The van der Waals surface area contributed by atoms with Crippen LogP contribution in [0.5, 0.6) is 0 Å². The van der Waals surface area contributed by atoms with Gasteiger partial charge >= 0.3 is 0 Å². The molecule has 0 saturated heterocycles. The van der Waals surface area contributed by atoms with Crippen LogP contribution in [0.3, 0.4) is 0 Å². The summed E-state index contributed by atoms with van der Waals surface area (Å²) in [5.74, 6) is -0.773. The second-order valence-corrected chi connectivity index (χ2v) is 4.61. The lowest BCUT2D eigenvalue weighted by atomic mass is 10.0. The summed E-state index contributed by atoms with van der Waals surface area (Å²) in [6.07, 6.45) is 0. The molecule has 2 aromatic rings. The molecule has 86 valence electrons. The van der Waals surface area contributed by atoms with Crippen LogP contribution in [0.15, 0.2) is 46.9 Å². The minimum atomic E-state index is -0.470. The summed E-state index contributed by atoms with van der Waals surface area (Å²) in [7, 11) is 0. The lowest BCUT2D eigenvalue weighted by molar-refractivity contribution is 0.103. The van der Waals surface area contributed by atoms with Crippen molar-refractivity contribution in [1.29, 1.82) is 0 Å². The van der Waals surface area contributed by atoms with E-state index in [1.54, 1.807) is 30.3 Å². The van der Waals surface area contributed by atoms with Crippen LogP contribution < -0.4 is 0 Å². The highest BCUT2D eigenvalue weighted by Gasteiger charge is 2.16. The number of ketones is 1. The first-order valence-corrected chi connectivity index (χ1v) is 6.01. The van der Waals surface area contributed by atoms with Crippen molar-refractivity contribution in [1.82, 2.24) is 0 Å². The third-order valence-electron chi connectivity index (χ3n) is 2.31. The minimum Gasteiger partial charge on any atom is -0.289 e. The fourth-order valence-electron chi connectivity index (χ4n) is 1.47. The van der Waals surface area contributed by atoms with Crippen molar-refractivity contribution in [3.8, 4) is 0 Å². The van der Waals surface area contributed by atoms with E-state index in [9.17, 15) is 9.18 Å². The van der Waals surface area contributed by atoms with E-state index in [0.29, 0.717) is 10.6 Å². The van der Waals surface area contributed by atoms with Crippen LogP contribution in [-0.2, 0) is 0 Å². The molecule has 1 nitrogen and oxygen atoms in total. The SMILES string of the molecule is O=C(c1ccccc1Cl)c1cccc(F)c1Br. The fraction of sp³-hybridized carbons (Fsp3) is 0. The number of halogens is 3. The Morgan fingerprint density at radius 1 is 1.06 bits per heavy atom. The number of carbonyl (C=O) groups is 1. The molecule has 0 amide bonds. The number of benzene rings is 2. The van der Waals surface area contributed by atoms with E-state index in [2.05, 4.69) is 15.9 Å². The van der Waals surface area contributed by atoms with E-state index >= 15 is 0 Å². The molecule has 0 fully saturated rings. The van der Waals surface area contributed by atoms with Crippen LogP contribution in [0.25, 0.3) is 0 Å². The third-order valence-corrected chi connectivity index (χ3v) is 3.45. The standard InChI is InChI=1S/C13H7BrClFO/c14-12-9(5-3-7-11(12)16)13(17)8-4-1-2-6-10(8)15/h1-7H. The fourth-order valence-corrected chi connectivity index (χ4v) is 2.14. The van der Waals surface area contributed by atoms with Gasteiger partial charge in [0, 0.05) is 11.1 Å². The first-order valence-electron chi connectivity index (χ1n) is 4.84. The van der Waals surface area contributed by atoms with Gasteiger partial charge in [0.15, 0.2) is 5.78 Å². The Bertz CT molecular complexity index is 583. The highest BCUT2D eigenvalue weighted by atomic mass is 79.9. The van der Waals surface area contributed by atoms with Gasteiger partial charge < -0.3 is 0 Å². The van der Waals surface area contributed by atoms with Gasteiger partial charge in [0.2, 0.25) is 0 Å². The second kappa shape index (κ2) is 4.98. The molecular weight excluding hydrogens is 306 g/mol. The molecule has 0 aliphatic carbocycles. The predicted molar refractivity (Wildman–Crippen MR) is 69.0 cm³/mol. The molecule has 0 N–H and O–H groups in total. The molecule has 0 bridgehead atoms. The molecule has 17 heavy (non-hydrogen) atoms. The van der Waals surface area contributed by atoms with Crippen LogP contribution in [0.2, 0.25) is 5.02 Å². The van der Waals surface area contributed by atoms with Gasteiger partial charge in [-0.25, -0.2) is 4.39 Å². The van der Waals surface area contributed by atoms with Gasteiger partial charge in [-0.05, 0) is 40.2 Å². The Kier molecular flexibility index (Phi) is 3.60. The van der Waals surface area contributed by atoms with E-state index in [1.165, 1.54) is 12.1 Å². The van der Waals surface area contributed by atoms with Crippen LogP contribution >= 0.6 is 27.5 Å². The average molecular weight is 314 g/mol. The Morgan fingerprint density at radius 2 is 1.71 bits per heavy atom. The number of rotatable bonds is 2. The van der Waals surface area contributed by atoms with Gasteiger partial charge in [-0.1, -0.05) is 29.8 Å². The van der Waals surface area contributed by atoms with Gasteiger partial charge in [0.05, 0.1) is 9.50 Å². The van der Waals surface area contributed by atoms with Gasteiger partial charge in [-0.15, -0.1) is 0 Å². The Morgan fingerprint density at radius 3 is 2.41 bits per heavy atom. The summed E-state index contributed by atoms with van der Waals surface area (Å²) in [6, 6.07) is 11.0. The Labute approximate surface area is 111 Å². The maximum atomic E-state index is 13.3. The predicted octanol–water partition coefficient (Wildman–Crippen LogP) is 4.47. The number of hydrogen-bond donors (Lipinski definition) is 0. The van der Waals surface area contributed by atoms with E-state index in [4.69, 9.17) is 11.6 Å². The molecule has 0 aromatic heterocycles. The van der Waals surface area contributed by atoms with Crippen molar-refractivity contribution < 1.29 is 9.18 Å². The second-order valence-electron chi connectivity index (χ2n) is 3.41. The van der Waals surface area contributed by atoms with Gasteiger partial charge in [-0.3, -0.25) is 4.79 Å². The first kappa shape index (κ1) is 12.3. The van der Waals surface area contributed by atoms with Crippen molar-refractivity contribution in [2.45, 2.75) is 0 Å². The minimum absolute atomic E-state index is 0.157. The van der Waals surface area contributed by atoms with Gasteiger partial charge in [0.25, 0.3) is 0 Å². The van der Waals surface area contributed by atoms with Gasteiger partial charge in [-0.2, -0.15) is 0 Å². The largest absolute Gasteiger partial charge is 0.289 e. The summed E-state index contributed by atoms with van der Waals surface area (Å²) in [5.41, 5.74) is 0.624. The molecule has 4 heteroatoms. The molecule has 0 unspecified atom stereocenters. The maximum Gasteiger partial charge on any atom is 0.195 e. The zero-order valence-corrected chi connectivity index (χ0v) is 10.9. The molecule has 2 rings (SSSR count). The average Bonchev–Trinajstić information content (AvgIpc) is 2.32. The van der Waals surface area contributed by atoms with Crippen molar-refractivity contribution in [3.63, 3.8) is 0 Å². The lowest BCUT2D eigenvalue weighted by Gasteiger charge is -2.06. The quantitative estimate of drug-likeness (QED) is 0.748. The van der Waals surface area contributed by atoms with Crippen LogP contribution in [0, 0.1) is 5.82 Å². The van der Waals surface area contributed by atoms with Crippen molar-refractivity contribution >= 4 is 33.3 Å². The van der Waals surface area contributed by atoms with Crippen molar-refractivity contribution in [2.24, 2.45) is 0 Å². The smallest absolute Gasteiger partial charge is 0.195 e. The molecule has 0 radical (unpaired) electrons. The van der Waals surface area contributed by atoms with E-state index in [-0.39, 0.29) is 15.8 Å². The van der Waals surface area contributed by atoms with Crippen molar-refractivity contribution in [3.05, 3.63) is 68.9 Å². The molecule has 0 atom stereocenters. The third kappa shape index (κ3) is 2.40. The lowest BCUT2D eigenvalue weighted by Crippen LogP contribution is -2.04. The van der Waals surface area contributed by atoms with Crippen LogP contribution in [0.4, 0.5) is 4.39 Å². The Hall–Kier alpha value is -1.19. The number of hydrogen-bond acceptors (Lipinski definition) is 1. The Balaban J connectivity index is 2.52. The van der Waals surface area contributed by atoms with Gasteiger partial charge in [0.1, 0.15) is 5.82 Å². The molecule has 0 spiro atoms. The summed E-state index contributed by atoms with van der Waals surface area (Å²) in [6.45, 7) is 0. The first-order chi connectivity index (χ1) is 8.11. The molecular formula is C13H7BrClFO. The molecule has 2 aromatic carbocycles. The van der Waals surface area contributed by atoms with E-state index in [0.717, 1.165) is 0 Å². The highest BCUT2D eigenvalue weighted by molar-refractivity contribution is 9.10. The molecule has 0 saturated carbocycles. The molecule has 0 heterocycles. The monoisotopic (exact) mass is 312 g/mol. The zero-order valence-electron chi connectivity index (χ0n) is 8.58. The zero-order chi connectivity index (χ0) is 12.4. The van der Waals surface area contributed by atoms with Crippen molar-refractivity contribution in [2.75, 3.05) is 0 Å². The van der Waals surface area contributed by atoms with Crippen LogP contribution in [0.1, 0.15) is 15.9 Å². The van der Waals surface area contributed by atoms with E-state index < -0.39 is 5.82 Å². The maximum absolute atomic E-state index is 13.3.